The van der Waals surface area contributed by atoms with E-state index in [-0.39, 0.29) is 0 Å². The fourth-order valence-electron chi connectivity index (χ4n) is 3.99. The van der Waals surface area contributed by atoms with Gasteiger partial charge in [-0.3, -0.25) is 4.99 Å². The van der Waals surface area contributed by atoms with Gasteiger partial charge in [0.2, 0.25) is 0 Å². The van der Waals surface area contributed by atoms with Crippen molar-refractivity contribution in [2.45, 2.75) is 52.4 Å². The van der Waals surface area contributed by atoms with Crippen LogP contribution in [0.25, 0.3) is 5.57 Å². The molecule has 0 fully saturated rings. The maximum absolute atomic E-state index is 7.97. The summed E-state index contributed by atoms with van der Waals surface area (Å²) in [6, 6.07) is 3.95. The van der Waals surface area contributed by atoms with Crippen LogP contribution in [0.1, 0.15) is 62.1 Å². The van der Waals surface area contributed by atoms with Gasteiger partial charge in [-0.25, -0.2) is 0 Å². The number of aryl methyl sites for hydroxylation is 1. The number of ether oxygens (including phenoxy) is 1. The van der Waals surface area contributed by atoms with Gasteiger partial charge in [0.1, 0.15) is 0 Å². The second kappa shape index (κ2) is 12.1. The first kappa shape index (κ1) is 23.6. The number of allylic oxidation sites excluding steroid dienone is 5. The molecule has 5 nitrogen and oxygen atoms in total. The molecule has 0 heterocycles. The molecule has 0 saturated carbocycles. The third kappa shape index (κ3) is 5.70. The van der Waals surface area contributed by atoms with Crippen molar-refractivity contribution < 1.29 is 4.74 Å². The quantitative estimate of drug-likeness (QED) is 0.215. The molecule has 2 rings (SSSR count). The number of nitrogens with one attached hydrogen (secondary N) is 1. The summed E-state index contributed by atoms with van der Waals surface area (Å²) >= 11 is 0. The highest BCUT2D eigenvalue weighted by Gasteiger charge is 2.22. The Morgan fingerprint density at radius 2 is 2.03 bits per heavy atom. The van der Waals surface area contributed by atoms with Crippen LogP contribution >= 0.6 is 0 Å². The second-order valence-corrected chi connectivity index (χ2v) is 7.63. The van der Waals surface area contributed by atoms with Gasteiger partial charge in [0.15, 0.2) is 0 Å². The number of unbranched alkanes of at least 4 members (excludes halogenated alkanes) is 1. The van der Waals surface area contributed by atoms with Crippen molar-refractivity contribution in [1.82, 2.24) is 0 Å². The van der Waals surface area contributed by atoms with Crippen molar-refractivity contribution in [2.24, 2.45) is 10.7 Å². The van der Waals surface area contributed by atoms with E-state index in [0.717, 1.165) is 66.4 Å². The SMILES string of the molecule is CCC/C=C(C1=C(c2c(C)ccc(N)c2C=N)CCCC1)\C(C=NCCOC)=C\N. The number of nitrogens with zero attached hydrogens (tertiary/aromatic N) is 1. The number of nitrogens with two attached hydrogens (primary N) is 2. The Morgan fingerprint density at radius 3 is 2.70 bits per heavy atom. The Bertz CT molecular complexity index is 862. The first-order valence-corrected chi connectivity index (χ1v) is 10.8. The molecule has 0 radical (unpaired) electrons. The van der Waals surface area contributed by atoms with Crippen LogP contribution in [0, 0.1) is 12.3 Å². The number of rotatable bonds is 10. The summed E-state index contributed by atoms with van der Waals surface area (Å²) in [6.45, 7) is 5.47. The van der Waals surface area contributed by atoms with Crippen LogP contribution in [-0.4, -0.2) is 32.7 Å². The molecule has 0 aromatic heterocycles. The Morgan fingerprint density at radius 1 is 1.27 bits per heavy atom. The lowest BCUT2D eigenvalue weighted by Crippen LogP contribution is -2.10. The number of anilines is 1. The molecule has 5 heteroatoms. The molecule has 1 aromatic rings. The minimum atomic E-state index is 0.585. The minimum Gasteiger partial charge on any atom is -0.404 e. The van der Waals surface area contributed by atoms with Crippen LogP contribution in [0.2, 0.25) is 0 Å². The Kier molecular flexibility index (Phi) is 9.55. The molecule has 5 N–H and O–H groups in total. The van der Waals surface area contributed by atoms with E-state index in [2.05, 4.69) is 31.0 Å². The van der Waals surface area contributed by atoms with Crippen molar-refractivity contribution >= 4 is 23.7 Å². The highest BCUT2D eigenvalue weighted by molar-refractivity contribution is 5.96. The molecule has 0 spiro atoms. The van der Waals surface area contributed by atoms with Crippen molar-refractivity contribution in [3.63, 3.8) is 0 Å². The van der Waals surface area contributed by atoms with Crippen LogP contribution in [0.3, 0.4) is 0 Å². The first-order valence-electron chi connectivity index (χ1n) is 10.8. The molecular formula is C25H36N4O. The van der Waals surface area contributed by atoms with E-state index in [4.69, 9.17) is 21.6 Å². The summed E-state index contributed by atoms with van der Waals surface area (Å²) in [5, 5.41) is 7.97. The normalized spacial score (nSPS) is 15.8. The van der Waals surface area contributed by atoms with E-state index in [1.54, 1.807) is 13.3 Å². The van der Waals surface area contributed by atoms with Crippen LogP contribution in [0.4, 0.5) is 5.69 Å². The van der Waals surface area contributed by atoms with Gasteiger partial charge in [-0.1, -0.05) is 25.5 Å². The Balaban J connectivity index is 2.66. The molecule has 0 saturated heterocycles. The summed E-state index contributed by atoms with van der Waals surface area (Å²) in [6.07, 6.45) is 13.5. The van der Waals surface area contributed by atoms with Gasteiger partial charge in [-0.15, -0.1) is 0 Å². The lowest BCUT2D eigenvalue weighted by molar-refractivity contribution is 0.208. The van der Waals surface area contributed by atoms with Crippen LogP contribution in [0.15, 0.2) is 46.1 Å². The molecule has 0 aliphatic heterocycles. The van der Waals surface area contributed by atoms with E-state index in [1.165, 1.54) is 17.4 Å². The van der Waals surface area contributed by atoms with E-state index in [9.17, 15) is 0 Å². The molecule has 30 heavy (non-hydrogen) atoms. The van der Waals surface area contributed by atoms with Gasteiger partial charge in [-0.2, -0.15) is 0 Å². The first-order chi connectivity index (χ1) is 14.6. The Hall–Kier alpha value is -2.66. The molecule has 0 amide bonds. The monoisotopic (exact) mass is 408 g/mol. The van der Waals surface area contributed by atoms with Gasteiger partial charge in [0.25, 0.3) is 0 Å². The van der Waals surface area contributed by atoms with Crippen molar-refractivity contribution in [3.05, 3.63) is 57.8 Å². The number of methoxy groups -OCH3 is 1. The largest absolute Gasteiger partial charge is 0.404 e. The third-order valence-electron chi connectivity index (χ3n) is 5.51. The van der Waals surface area contributed by atoms with Crippen molar-refractivity contribution in [1.29, 1.82) is 5.41 Å². The van der Waals surface area contributed by atoms with Crippen LogP contribution < -0.4 is 11.5 Å². The fourth-order valence-corrected chi connectivity index (χ4v) is 3.99. The molecular weight excluding hydrogens is 372 g/mol. The van der Waals surface area contributed by atoms with Gasteiger partial charge in [0, 0.05) is 42.6 Å². The number of hydrogen-bond acceptors (Lipinski definition) is 5. The van der Waals surface area contributed by atoms with Gasteiger partial charge < -0.3 is 21.6 Å². The molecule has 0 unspecified atom stereocenters. The lowest BCUT2D eigenvalue weighted by Gasteiger charge is -2.26. The number of aliphatic imine (C=N–C) groups is 1. The highest BCUT2D eigenvalue weighted by atomic mass is 16.5. The van der Waals surface area contributed by atoms with Crippen molar-refractivity contribution in [3.8, 4) is 0 Å². The molecule has 0 bridgehead atoms. The van der Waals surface area contributed by atoms with E-state index in [1.807, 2.05) is 12.3 Å². The average Bonchev–Trinajstić information content (AvgIpc) is 2.77. The zero-order chi connectivity index (χ0) is 21.9. The number of hydrogen-bond donors (Lipinski definition) is 3. The smallest absolute Gasteiger partial charge is 0.0658 e. The predicted octanol–water partition coefficient (Wildman–Crippen LogP) is 5.19. The highest BCUT2D eigenvalue weighted by Crippen LogP contribution is 2.41. The van der Waals surface area contributed by atoms with Crippen molar-refractivity contribution in [2.75, 3.05) is 26.0 Å². The maximum atomic E-state index is 7.97. The summed E-state index contributed by atoms with van der Waals surface area (Å²) in [7, 11) is 1.68. The summed E-state index contributed by atoms with van der Waals surface area (Å²) < 4.78 is 5.10. The van der Waals surface area contributed by atoms with Gasteiger partial charge in [-0.05, 0) is 72.9 Å². The minimum absolute atomic E-state index is 0.585. The van der Waals surface area contributed by atoms with Crippen LogP contribution in [-0.2, 0) is 4.74 Å². The fraction of sp³-hybridized carbons (Fsp3) is 0.440. The van der Waals surface area contributed by atoms with Crippen LogP contribution in [0.5, 0.6) is 0 Å². The topological polar surface area (TPSA) is 97.5 Å². The summed E-state index contributed by atoms with van der Waals surface area (Å²) in [4.78, 5) is 4.50. The van der Waals surface area contributed by atoms with E-state index in [0.29, 0.717) is 18.8 Å². The van der Waals surface area contributed by atoms with Gasteiger partial charge in [0.05, 0.1) is 13.2 Å². The lowest BCUT2D eigenvalue weighted by atomic mass is 9.79. The third-order valence-corrected chi connectivity index (χ3v) is 5.51. The van der Waals surface area contributed by atoms with Gasteiger partial charge >= 0.3 is 0 Å². The van der Waals surface area contributed by atoms with E-state index >= 15 is 0 Å². The number of nitrogen functional groups attached to an aromatic ring is 1. The molecule has 1 aliphatic carbocycles. The zero-order valence-corrected chi connectivity index (χ0v) is 18.6. The standard InChI is InChI=1S/C25H36N4O/c1-4-5-8-20(19(15-26)17-29-13-14-30-3)21-9-6-7-10-22(21)25-18(2)11-12-24(28)23(25)16-27/h8,11-12,15-17,27H,4-7,9-10,13-14,26,28H2,1-3H3/b19-15+,20-8+,27-16?,29-17?. The zero-order valence-electron chi connectivity index (χ0n) is 18.6. The molecule has 1 aliphatic rings. The van der Waals surface area contributed by atoms with E-state index < -0.39 is 0 Å². The molecule has 162 valence electrons. The summed E-state index contributed by atoms with van der Waals surface area (Å²) in [5.41, 5.74) is 20.7. The predicted molar refractivity (Wildman–Crippen MR) is 129 cm³/mol. The molecule has 0 atom stereocenters. The average molecular weight is 409 g/mol. The number of benzene rings is 1. The second-order valence-electron chi connectivity index (χ2n) is 7.63. The molecule has 1 aromatic carbocycles. The Labute approximate surface area is 181 Å². The summed E-state index contributed by atoms with van der Waals surface area (Å²) in [5.74, 6) is 0. The maximum Gasteiger partial charge on any atom is 0.0658 e.